The van der Waals surface area contributed by atoms with Crippen LogP contribution in [0.3, 0.4) is 0 Å². The predicted octanol–water partition coefficient (Wildman–Crippen LogP) is 4.29. The molecule has 104 valence electrons. The van der Waals surface area contributed by atoms with E-state index in [0.717, 1.165) is 15.6 Å². The van der Waals surface area contributed by atoms with E-state index in [1.807, 2.05) is 26.0 Å². The van der Waals surface area contributed by atoms with Crippen molar-refractivity contribution in [3.8, 4) is 11.5 Å². The summed E-state index contributed by atoms with van der Waals surface area (Å²) in [6, 6.07) is 10.7. The summed E-state index contributed by atoms with van der Waals surface area (Å²) in [5.41, 5.74) is 2.53. The second-order valence-electron chi connectivity index (χ2n) is 4.44. The van der Waals surface area contributed by atoms with Crippen molar-refractivity contribution >= 4 is 21.9 Å². The van der Waals surface area contributed by atoms with E-state index in [-0.39, 0.29) is 5.97 Å². The summed E-state index contributed by atoms with van der Waals surface area (Å²) < 4.78 is 11.3. The molecule has 0 atom stereocenters. The van der Waals surface area contributed by atoms with Gasteiger partial charge in [0.1, 0.15) is 11.5 Å². The molecule has 0 radical (unpaired) electrons. The van der Waals surface area contributed by atoms with Crippen LogP contribution in [0.5, 0.6) is 11.5 Å². The number of rotatable bonds is 3. The third kappa shape index (κ3) is 3.02. The fourth-order valence-electron chi connectivity index (χ4n) is 1.79. The molecule has 0 bridgehead atoms. The minimum Gasteiger partial charge on any atom is -0.496 e. The first-order chi connectivity index (χ1) is 9.52. The first-order valence-corrected chi connectivity index (χ1v) is 6.94. The molecule has 0 aliphatic rings. The lowest BCUT2D eigenvalue weighted by molar-refractivity contribution is 0.0733. The second kappa shape index (κ2) is 6.09. The van der Waals surface area contributed by atoms with Gasteiger partial charge in [-0.2, -0.15) is 0 Å². The fraction of sp³-hybridized carbons (Fsp3) is 0.188. The van der Waals surface area contributed by atoms with Crippen LogP contribution in [0.2, 0.25) is 0 Å². The molecule has 2 aromatic carbocycles. The van der Waals surface area contributed by atoms with Crippen LogP contribution in [0.15, 0.2) is 40.9 Å². The largest absolute Gasteiger partial charge is 0.496 e. The van der Waals surface area contributed by atoms with E-state index in [9.17, 15) is 4.79 Å². The highest BCUT2D eigenvalue weighted by Gasteiger charge is 2.13. The monoisotopic (exact) mass is 334 g/mol. The van der Waals surface area contributed by atoms with Crippen LogP contribution >= 0.6 is 15.9 Å². The third-order valence-electron chi connectivity index (χ3n) is 3.15. The zero-order valence-electron chi connectivity index (χ0n) is 11.6. The van der Waals surface area contributed by atoms with Gasteiger partial charge in [-0.15, -0.1) is 0 Å². The van der Waals surface area contributed by atoms with Crippen molar-refractivity contribution in [1.29, 1.82) is 0 Å². The Morgan fingerprint density at radius 1 is 1.10 bits per heavy atom. The van der Waals surface area contributed by atoms with E-state index >= 15 is 0 Å². The number of ether oxygens (including phenoxy) is 2. The molecule has 0 amide bonds. The van der Waals surface area contributed by atoms with Gasteiger partial charge in [0.15, 0.2) is 0 Å². The maximum atomic E-state index is 12.1. The maximum absolute atomic E-state index is 12.1. The number of esters is 1. The fourth-order valence-corrected chi connectivity index (χ4v) is 2.33. The molecule has 0 spiro atoms. The summed E-state index contributed by atoms with van der Waals surface area (Å²) >= 11 is 3.35. The zero-order valence-corrected chi connectivity index (χ0v) is 13.2. The summed E-state index contributed by atoms with van der Waals surface area (Å²) in [5, 5.41) is 0. The Bertz CT molecular complexity index is 650. The average molecular weight is 335 g/mol. The maximum Gasteiger partial charge on any atom is 0.343 e. The van der Waals surface area contributed by atoms with Crippen LogP contribution < -0.4 is 9.47 Å². The number of carbonyl (C=O) groups is 1. The topological polar surface area (TPSA) is 35.5 Å². The average Bonchev–Trinajstić information content (AvgIpc) is 2.43. The normalized spacial score (nSPS) is 10.2. The van der Waals surface area contributed by atoms with Gasteiger partial charge in [-0.3, -0.25) is 0 Å². The van der Waals surface area contributed by atoms with Gasteiger partial charge in [0, 0.05) is 0 Å². The molecule has 0 aliphatic heterocycles. The molecule has 3 nitrogen and oxygen atoms in total. The van der Waals surface area contributed by atoms with Crippen molar-refractivity contribution in [3.63, 3.8) is 0 Å². The Kier molecular flexibility index (Phi) is 4.45. The van der Waals surface area contributed by atoms with Crippen molar-refractivity contribution in [3.05, 3.63) is 57.6 Å². The van der Waals surface area contributed by atoms with Crippen LogP contribution in [0, 0.1) is 13.8 Å². The van der Waals surface area contributed by atoms with Crippen LogP contribution in [-0.4, -0.2) is 13.1 Å². The Hall–Kier alpha value is -1.81. The van der Waals surface area contributed by atoms with Gasteiger partial charge < -0.3 is 9.47 Å². The standard InChI is InChI=1S/C16H15BrO3/c1-10-5-4-6-14(11(10)2)20-16(18)12-7-8-15(19-3)13(17)9-12/h4-9H,1-3H3. The third-order valence-corrected chi connectivity index (χ3v) is 3.76. The van der Waals surface area contributed by atoms with Crippen molar-refractivity contribution in [2.24, 2.45) is 0 Å². The molecule has 0 aliphatic carbocycles. The zero-order chi connectivity index (χ0) is 14.7. The number of benzene rings is 2. The number of halogens is 1. The second-order valence-corrected chi connectivity index (χ2v) is 5.29. The molecule has 0 fully saturated rings. The van der Waals surface area contributed by atoms with Crippen LogP contribution in [0.25, 0.3) is 0 Å². The first-order valence-electron chi connectivity index (χ1n) is 6.15. The van der Waals surface area contributed by atoms with Gasteiger partial charge in [-0.25, -0.2) is 4.79 Å². The molecule has 0 unspecified atom stereocenters. The number of hydrogen-bond donors (Lipinski definition) is 0. The number of carbonyl (C=O) groups excluding carboxylic acids is 1. The summed E-state index contributed by atoms with van der Waals surface area (Å²) in [6.07, 6.45) is 0. The van der Waals surface area contributed by atoms with Gasteiger partial charge in [-0.05, 0) is 65.2 Å². The van der Waals surface area contributed by atoms with Crippen molar-refractivity contribution < 1.29 is 14.3 Å². The molecule has 0 N–H and O–H groups in total. The lowest BCUT2D eigenvalue weighted by Gasteiger charge is -2.10. The molecule has 20 heavy (non-hydrogen) atoms. The van der Waals surface area contributed by atoms with E-state index in [1.165, 1.54) is 0 Å². The molecular weight excluding hydrogens is 320 g/mol. The SMILES string of the molecule is COc1ccc(C(=O)Oc2cccc(C)c2C)cc1Br. The van der Waals surface area contributed by atoms with E-state index in [1.54, 1.807) is 31.4 Å². The number of hydrogen-bond acceptors (Lipinski definition) is 3. The van der Waals surface area contributed by atoms with Gasteiger partial charge in [0.05, 0.1) is 17.1 Å². The highest BCUT2D eigenvalue weighted by Crippen LogP contribution is 2.27. The summed E-state index contributed by atoms with van der Waals surface area (Å²) in [7, 11) is 1.58. The van der Waals surface area contributed by atoms with E-state index in [0.29, 0.717) is 17.1 Å². The molecule has 0 saturated heterocycles. The van der Waals surface area contributed by atoms with Crippen LogP contribution in [-0.2, 0) is 0 Å². The Balaban J connectivity index is 2.24. The number of aryl methyl sites for hydroxylation is 1. The molecule has 4 heteroatoms. The van der Waals surface area contributed by atoms with Gasteiger partial charge in [0.25, 0.3) is 0 Å². The predicted molar refractivity (Wildman–Crippen MR) is 81.6 cm³/mol. The quantitative estimate of drug-likeness (QED) is 0.620. The lowest BCUT2D eigenvalue weighted by Crippen LogP contribution is -2.09. The van der Waals surface area contributed by atoms with E-state index < -0.39 is 0 Å². The Labute approximate surface area is 126 Å². The highest BCUT2D eigenvalue weighted by molar-refractivity contribution is 9.10. The summed E-state index contributed by atoms with van der Waals surface area (Å²) in [5.74, 6) is 0.872. The lowest BCUT2D eigenvalue weighted by atomic mass is 10.1. The highest BCUT2D eigenvalue weighted by atomic mass is 79.9. The van der Waals surface area contributed by atoms with Gasteiger partial charge in [-0.1, -0.05) is 12.1 Å². The molecule has 2 aromatic rings. The minimum atomic E-state index is -0.387. The van der Waals surface area contributed by atoms with Crippen molar-refractivity contribution in [2.75, 3.05) is 7.11 Å². The smallest absolute Gasteiger partial charge is 0.343 e. The van der Waals surface area contributed by atoms with Gasteiger partial charge >= 0.3 is 5.97 Å². The summed E-state index contributed by atoms with van der Waals surface area (Å²) in [4.78, 5) is 12.1. The molecular formula is C16H15BrO3. The van der Waals surface area contributed by atoms with Crippen molar-refractivity contribution in [2.45, 2.75) is 13.8 Å². The Morgan fingerprint density at radius 2 is 1.85 bits per heavy atom. The van der Waals surface area contributed by atoms with Crippen molar-refractivity contribution in [1.82, 2.24) is 0 Å². The first kappa shape index (κ1) is 14.6. The Morgan fingerprint density at radius 3 is 2.50 bits per heavy atom. The molecule has 0 saturated carbocycles. The van der Waals surface area contributed by atoms with E-state index in [2.05, 4.69) is 15.9 Å². The minimum absolute atomic E-state index is 0.387. The van der Waals surface area contributed by atoms with E-state index in [4.69, 9.17) is 9.47 Å². The molecule has 2 rings (SSSR count). The molecule has 0 heterocycles. The molecule has 0 aromatic heterocycles. The summed E-state index contributed by atoms with van der Waals surface area (Å²) in [6.45, 7) is 3.92. The van der Waals surface area contributed by atoms with Gasteiger partial charge in [0.2, 0.25) is 0 Å². The number of methoxy groups -OCH3 is 1. The van der Waals surface area contributed by atoms with Crippen LogP contribution in [0.4, 0.5) is 0 Å². The van der Waals surface area contributed by atoms with Crippen LogP contribution in [0.1, 0.15) is 21.5 Å².